The van der Waals surface area contributed by atoms with Crippen LogP contribution in [0.3, 0.4) is 0 Å². The molecule has 0 unspecified atom stereocenters. The summed E-state index contributed by atoms with van der Waals surface area (Å²) in [6, 6.07) is 0. The van der Waals surface area contributed by atoms with Gasteiger partial charge in [-0.2, -0.15) is 0 Å². The van der Waals surface area contributed by atoms with Gasteiger partial charge in [-0.1, -0.05) is 0 Å². The Kier molecular flexibility index (Phi) is 4.84. The van der Waals surface area contributed by atoms with E-state index < -0.39 is 0 Å². The second kappa shape index (κ2) is 5.41. The smallest absolute Gasteiger partial charge is 0.333 e. The number of rotatable bonds is 3. The fourth-order valence-corrected chi connectivity index (χ4v) is 0.781. The maximum Gasteiger partial charge on any atom is 0.333 e. The Morgan fingerprint density at radius 2 is 1.83 bits per heavy atom. The molecule has 0 N–H and O–H groups in total. The average Bonchev–Trinajstić information content (AvgIpc) is 2.03. The number of esters is 1. The summed E-state index contributed by atoms with van der Waals surface area (Å²) in [5.74, 6) is -0.321. The molecule has 0 amide bonds. The van der Waals surface area contributed by atoms with Crippen LogP contribution in [-0.2, 0) is 14.3 Å². The van der Waals surface area contributed by atoms with Crippen molar-refractivity contribution in [3.63, 3.8) is 0 Å². The summed E-state index contributed by atoms with van der Waals surface area (Å²) in [6.07, 6.45) is 3.27. The van der Waals surface area contributed by atoms with Crippen LogP contribution in [0.4, 0.5) is 0 Å². The standard InChI is InChI=1S/C9H14O3/c1-7(6-11-3)5-8(2)9(10)12-4/h5-6H,1-4H3. The van der Waals surface area contributed by atoms with Crippen LogP contribution in [0.1, 0.15) is 13.8 Å². The summed E-state index contributed by atoms with van der Waals surface area (Å²) in [4.78, 5) is 10.9. The third-order valence-corrected chi connectivity index (χ3v) is 1.26. The van der Waals surface area contributed by atoms with Crippen LogP contribution in [0.15, 0.2) is 23.5 Å². The maximum absolute atomic E-state index is 10.9. The lowest BCUT2D eigenvalue weighted by molar-refractivity contribution is -0.136. The van der Waals surface area contributed by atoms with Crippen molar-refractivity contribution in [2.75, 3.05) is 14.2 Å². The molecule has 0 aliphatic heterocycles. The highest BCUT2D eigenvalue weighted by molar-refractivity contribution is 5.88. The molecule has 0 aromatic heterocycles. The number of hydrogen-bond acceptors (Lipinski definition) is 3. The zero-order chi connectivity index (χ0) is 9.56. The van der Waals surface area contributed by atoms with Gasteiger partial charge in [0.25, 0.3) is 0 Å². The van der Waals surface area contributed by atoms with Gasteiger partial charge < -0.3 is 9.47 Å². The van der Waals surface area contributed by atoms with Gasteiger partial charge in [-0.3, -0.25) is 0 Å². The van der Waals surface area contributed by atoms with Crippen molar-refractivity contribution < 1.29 is 14.3 Å². The second-order valence-electron chi connectivity index (χ2n) is 2.42. The predicted octanol–water partition coefficient (Wildman–Crippen LogP) is 1.66. The lowest BCUT2D eigenvalue weighted by Crippen LogP contribution is -2.01. The molecule has 0 bridgehead atoms. The molecule has 0 fully saturated rings. The Morgan fingerprint density at radius 3 is 2.25 bits per heavy atom. The molecule has 0 aromatic carbocycles. The van der Waals surface area contributed by atoms with Crippen molar-refractivity contribution >= 4 is 5.97 Å². The first kappa shape index (κ1) is 10.8. The highest BCUT2D eigenvalue weighted by atomic mass is 16.5. The zero-order valence-corrected chi connectivity index (χ0v) is 7.88. The first-order chi connectivity index (χ1) is 5.61. The molecule has 0 saturated heterocycles. The molecule has 68 valence electrons. The van der Waals surface area contributed by atoms with Crippen molar-refractivity contribution in [3.05, 3.63) is 23.5 Å². The summed E-state index contributed by atoms with van der Waals surface area (Å²) in [5.41, 5.74) is 1.43. The van der Waals surface area contributed by atoms with Gasteiger partial charge in [-0.25, -0.2) is 4.79 Å². The van der Waals surface area contributed by atoms with E-state index in [1.807, 2.05) is 6.92 Å². The van der Waals surface area contributed by atoms with E-state index in [0.717, 1.165) is 5.57 Å². The minimum Gasteiger partial charge on any atom is -0.504 e. The summed E-state index contributed by atoms with van der Waals surface area (Å²) in [5, 5.41) is 0. The van der Waals surface area contributed by atoms with Crippen LogP contribution in [0, 0.1) is 0 Å². The van der Waals surface area contributed by atoms with Crippen molar-refractivity contribution in [1.29, 1.82) is 0 Å². The number of allylic oxidation sites excluding steroid dienone is 2. The van der Waals surface area contributed by atoms with E-state index in [2.05, 4.69) is 4.74 Å². The largest absolute Gasteiger partial charge is 0.504 e. The van der Waals surface area contributed by atoms with Gasteiger partial charge >= 0.3 is 5.97 Å². The van der Waals surface area contributed by atoms with Gasteiger partial charge in [0.2, 0.25) is 0 Å². The normalized spacial score (nSPS) is 12.7. The molecule has 3 nitrogen and oxygen atoms in total. The second-order valence-corrected chi connectivity index (χ2v) is 2.42. The minimum atomic E-state index is -0.321. The first-order valence-electron chi connectivity index (χ1n) is 3.58. The lowest BCUT2D eigenvalue weighted by atomic mass is 10.2. The van der Waals surface area contributed by atoms with E-state index in [1.54, 1.807) is 26.4 Å². The first-order valence-corrected chi connectivity index (χ1v) is 3.58. The predicted molar refractivity (Wildman–Crippen MR) is 46.5 cm³/mol. The maximum atomic E-state index is 10.9. The molecule has 0 radical (unpaired) electrons. The van der Waals surface area contributed by atoms with Crippen molar-refractivity contribution in [2.45, 2.75) is 13.8 Å². The van der Waals surface area contributed by atoms with E-state index in [0.29, 0.717) is 5.57 Å². The number of carbonyl (C=O) groups is 1. The molecule has 0 aliphatic rings. The molecule has 3 heteroatoms. The quantitative estimate of drug-likeness (QED) is 0.279. The molecule has 0 rings (SSSR count). The Hall–Kier alpha value is -1.25. The van der Waals surface area contributed by atoms with Crippen LogP contribution in [0.2, 0.25) is 0 Å². The Labute approximate surface area is 72.7 Å². The highest BCUT2D eigenvalue weighted by Crippen LogP contribution is 2.02. The number of carbonyl (C=O) groups excluding carboxylic acids is 1. The molecular formula is C9H14O3. The Morgan fingerprint density at radius 1 is 1.25 bits per heavy atom. The molecule has 12 heavy (non-hydrogen) atoms. The summed E-state index contributed by atoms with van der Waals surface area (Å²) in [7, 11) is 2.92. The van der Waals surface area contributed by atoms with Gasteiger partial charge in [0, 0.05) is 5.57 Å². The van der Waals surface area contributed by atoms with Gasteiger partial charge in [-0.05, 0) is 25.5 Å². The third kappa shape index (κ3) is 3.81. The van der Waals surface area contributed by atoms with E-state index in [1.165, 1.54) is 7.11 Å². The molecule has 0 atom stereocenters. The van der Waals surface area contributed by atoms with Crippen molar-refractivity contribution in [1.82, 2.24) is 0 Å². The number of hydrogen-bond donors (Lipinski definition) is 0. The summed E-state index contributed by atoms with van der Waals surface area (Å²) < 4.78 is 9.27. The topological polar surface area (TPSA) is 35.5 Å². The van der Waals surface area contributed by atoms with Crippen LogP contribution < -0.4 is 0 Å². The minimum absolute atomic E-state index is 0.321. The molecule has 0 spiro atoms. The summed E-state index contributed by atoms with van der Waals surface area (Å²) >= 11 is 0. The molecular weight excluding hydrogens is 156 g/mol. The van der Waals surface area contributed by atoms with Gasteiger partial charge in [0.1, 0.15) is 0 Å². The monoisotopic (exact) mass is 170 g/mol. The Bertz CT molecular complexity index is 214. The average molecular weight is 170 g/mol. The van der Waals surface area contributed by atoms with Crippen LogP contribution in [-0.4, -0.2) is 20.2 Å². The summed E-state index contributed by atoms with van der Waals surface area (Å²) in [6.45, 7) is 3.54. The van der Waals surface area contributed by atoms with E-state index in [-0.39, 0.29) is 5.97 Å². The molecule has 0 aromatic rings. The van der Waals surface area contributed by atoms with Gasteiger partial charge in [0.05, 0.1) is 20.5 Å². The van der Waals surface area contributed by atoms with E-state index >= 15 is 0 Å². The van der Waals surface area contributed by atoms with Crippen LogP contribution in [0.5, 0.6) is 0 Å². The van der Waals surface area contributed by atoms with Gasteiger partial charge in [0.15, 0.2) is 0 Å². The van der Waals surface area contributed by atoms with Crippen LogP contribution in [0.25, 0.3) is 0 Å². The lowest BCUT2D eigenvalue weighted by Gasteiger charge is -1.98. The SMILES string of the molecule is COC=C(C)C=C(C)C(=O)OC. The highest BCUT2D eigenvalue weighted by Gasteiger charge is 2.01. The number of ether oxygens (including phenoxy) is 2. The third-order valence-electron chi connectivity index (χ3n) is 1.26. The molecule has 0 aliphatic carbocycles. The van der Waals surface area contributed by atoms with Crippen molar-refractivity contribution in [3.8, 4) is 0 Å². The fraction of sp³-hybridized carbons (Fsp3) is 0.444. The van der Waals surface area contributed by atoms with E-state index in [4.69, 9.17) is 4.74 Å². The van der Waals surface area contributed by atoms with E-state index in [9.17, 15) is 4.79 Å². The van der Waals surface area contributed by atoms with Crippen molar-refractivity contribution in [2.24, 2.45) is 0 Å². The fourth-order valence-electron chi connectivity index (χ4n) is 0.781. The van der Waals surface area contributed by atoms with Gasteiger partial charge in [-0.15, -0.1) is 0 Å². The molecule has 0 saturated carbocycles. The number of methoxy groups -OCH3 is 2. The van der Waals surface area contributed by atoms with Crippen LogP contribution >= 0.6 is 0 Å². The molecule has 0 heterocycles. The Balaban J connectivity index is 4.35. The zero-order valence-electron chi connectivity index (χ0n) is 7.88.